The molecule has 0 heterocycles. The fourth-order valence-corrected chi connectivity index (χ4v) is 1.90. The number of benzene rings is 1. The van der Waals surface area contributed by atoms with E-state index in [1.165, 1.54) is 12.8 Å². The van der Waals surface area contributed by atoms with E-state index in [0.29, 0.717) is 6.54 Å². The monoisotopic (exact) mass is 262 g/mol. The molecule has 104 valence electrons. The van der Waals surface area contributed by atoms with Crippen molar-refractivity contribution >= 4 is 5.91 Å². The van der Waals surface area contributed by atoms with Crippen molar-refractivity contribution in [2.75, 3.05) is 20.2 Å². The lowest BCUT2D eigenvalue weighted by atomic mass is 10.1. The first-order valence-electron chi connectivity index (χ1n) is 6.83. The van der Waals surface area contributed by atoms with Gasteiger partial charge in [0, 0.05) is 12.6 Å². The van der Waals surface area contributed by atoms with Gasteiger partial charge in [0.05, 0.1) is 13.7 Å². The second kappa shape index (κ2) is 6.57. The van der Waals surface area contributed by atoms with Gasteiger partial charge in [-0.1, -0.05) is 12.1 Å². The summed E-state index contributed by atoms with van der Waals surface area (Å²) < 4.78 is 5.12. The highest BCUT2D eigenvalue weighted by Gasteiger charge is 2.21. The van der Waals surface area contributed by atoms with Gasteiger partial charge in [0.2, 0.25) is 5.91 Å². The lowest BCUT2D eigenvalue weighted by Crippen LogP contribution is -2.36. The van der Waals surface area contributed by atoms with Crippen LogP contribution in [0.3, 0.4) is 0 Å². The van der Waals surface area contributed by atoms with E-state index in [2.05, 4.69) is 17.6 Å². The molecule has 1 amide bonds. The van der Waals surface area contributed by atoms with Crippen LogP contribution in [0, 0.1) is 5.92 Å². The predicted octanol–water partition coefficient (Wildman–Crippen LogP) is 1.87. The first kappa shape index (κ1) is 13.9. The Morgan fingerprint density at radius 2 is 2.05 bits per heavy atom. The first-order chi connectivity index (χ1) is 9.19. The second-order valence-corrected chi connectivity index (χ2v) is 5.12. The number of ether oxygens (including phenoxy) is 1. The molecule has 1 aromatic rings. The van der Waals surface area contributed by atoms with Crippen molar-refractivity contribution in [3.63, 3.8) is 0 Å². The molecule has 0 saturated heterocycles. The smallest absolute Gasteiger partial charge is 0.233 e. The highest BCUT2D eigenvalue weighted by atomic mass is 16.5. The molecule has 0 unspecified atom stereocenters. The fraction of sp³-hybridized carbons (Fsp3) is 0.533. The SMILES string of the molecule is COc1ccc([C@H](C)NCC(=O)NCC2CC2)cc1. The second-order valence-electron chi connectivity index (χ2n) is 5.12. The summed E-state index contributed by atoms with van der Waals surface area (Å²) in [4.78, 5) is 11.6. The summed E-state index contributed by atoms with van der Waals surface area (Å²) in [6.07, 6.45) is 2.52. The molecule has 1 saturated carbocycles. The van der Waals surface area contributed by atoms with Gasteiger partial charge in [0.15, 0.2) is 0 Å². The van der Waals surface area contributed by atoms with Crippen molar-refractivity contribution in [1.29, 1.82) is 0 Å². The number of carbonyl (C=O) groups is 1. The highest BCUT2D eigenvalue weighted by Crippen LogP contribution is 2.27. The summed E-state index contributed by atoms with van der Waals surface area (Å²) in [5.41, 5.74) is 1.15. The fourth-order valence-electron chi connectivity index (χ4n) is 1.90. The predicted molar refractivity (Wildman–Crippen MR) is 75.1 cm³/mol. The van der Waals surface area contributed by atoms with Gasteiger partial charge in [0.1, 0.15) is 5.75 Å². The van der Waals surface area contributed by atoms with Crippen LogP contribution in [0.15, 0.2) is 24.3 Å². The van der Waals surface area contributed by atoms with E-state index in [1.54, 1.807) is 7.11 Å². The molecule has 4 nitrogen and oxygen atoms in total. The van der Waals surface area contributed by atoms with E-state index in [0.717, 1.165) is 23.8 Å². The normalized spacial score (nSPS) is 15.9. The van der Waals surface area contributed by atoms with E-state index in [-0.39, 0.29) is 11.9 Å². The third-order valence-corrected chi connectivity index (χ3v) is 3.47. The van der Waals surface area contributed by atoms with Crippen molar-refractivity contribution < 1.29 is 9.53 Å². The quantitative estimate of drug-likeness (QED) is 0.788. The molecule has 1 fully saturated rings. The molecular formula is C15H22N2O2. The van der Waals surface area contributed by atoms with Gasteiger partial charge >= 0.3 is 0 Å². The number of hydrogen-bond donors (Lipinski definition) is 2. The van der Waals surface area contributed by atoms with Crippen molar-refractivity contribution in [1.82, 2.24) is 10.6 Å². The van der Waals surface area contributed by atoms with Gasteiger partial charge in [-0.05, 0) is 43.4 Å². The van der Waals surface area contributed by atoms with E-state index in [9.17, 15) is 4.79 Å². The molecule has 1 aliphatic carbocycles. The van der Waals surface area contributed by atoms with Gasteiger partial charge in [-0.25, -0.2) is 0 Å². The first-order valence-corrected chi connectivity index (χ1v) is 6.83. The molecule has 2 N–H and O–H groups in total. The van der Waals surface area contributed by atoms with Crippen molar-refractivity contribution in [2.45, 2.75) is 25.8 Å². The number of carbonyl (C=O) groups excluding carboxylic acids is 1. The number of nitrogens with one attached hydrogen (secondary N) is 2. The Labute approximate surface area is 114 Å². The van der Waals surface area contributed by atoms with Crippen LogP contribution >= 0.6 is 0 Å². The minimum Gasteiger partial charge on any atom is -0.497 e. The van der Waals surface area contributed by atoms with Gasteiger partial charge in [-0.2, -0.15) is 0 Å². The number of rotatable bonds is 7. The summed E-state index contributed by atoms with van der Waals surface area (Å²) in [6, 6.07) is 8.04. The van der Waals surface area contributed by atoms with E-state index in [4.69, 9.17) is 4.74 Å². The van der Waals surface area contributed by atoms with E-state index in [1.807, 2.05) is 24.3 Å². The third-order valence-electron chi connectivity index (χ3n) is 3.47. The Morgan fingerprint density at radius 1 is 1.37 bits per heavy atom. The van der Waals surface area contributed by atoms with Crippen molar-refractivity contribution in [2.24, 2.45) is 5.92 Å². The van der Waals surface area contributed by atoms with Crippen LogP contribution in [-0.4, -0.2) is 26.1 Å². The Kier molecular flexibility index (Phi) is 4.80. The summed E-state index contributed by atoms with van der Waals surface area (Å²) in [5, 5.41) is 6.18. The molecule has 4 heteroatoms. The number of methoxy groups -OCH3 is 1. The summed E-state index contributed by atoms with van der Waals surface area (Å²) in [7, 11) is 1.65. The van der Waals surface area contributed by atoms with Crippen molar-refractivity contribution in [3.8, 4) is 5.75 Å². The van der Waals surface area contributed by atoms with Gasteiger partial charge in [-0.15, -0.1) is 0 Å². The molecule has 0 bridgehead atoms. The van der Waals surface area contributed by atoms with Gasteiger partial charge < -0.3 is 15.4 Å². The zero-order chi connectivity index (χ0) is 13.7. The maximum atomic E-state index is 11.6. The Morgan fingerprint density at radius 3 is 2.63 bits per heavy atom. The molecule has 1 aromatic carbocycles. The third kappa shape index (κ3) is 4.56. The number of amides is 1. The molecule has 1 aliphatic rings. The molecule has 0 aromatic heterocycles. The average molecular weight is 262 g/mol. The zero-order valence-electron chi connectivity index (χ0n) is 11.6. The van der Waals surface area contributed by atoms with Crippen LogP contribution in [-0.2, 0) is 4.79 Å². The van der Waals surface area contributed by atoms with Crippen LogP contribution in [0.25, 0.3) is 0 Å². The number of hydrogen-bond acceptors (Lipinski definition) is 3. The van der Waals surface area contributed by atoms with Gasteiger partial charge in [0.25, 0.3) is 0 Å². The van der Waals surface area contributed by atoms with E-state index < -0.39 is 0 Å². The lowest BCUT2D eigenvalue weighted by Gasteiger charge is -2.14. The molecule has 0 radical (unpaired) electrons. The summed E-state index contributed by atoms with van der Waals surface area (Å²) in [6.45, 7) is 3.24. The van der Waals surface area contributed by atoms with Crippen LogP contribution < -0.4 is 15.4 Å². The maximum absolute atomic E-state index is 11.6. The Balaban J connectivity index is 1.72. The molecule has 2 rings (SSSR count). The largest absolute Gasteiger partial charge is 0.497 e. The topological polar surface area (TPSA) is 50.4 Å². The highest BCUT2D eigenvalue weighted by molar-refractivity contribution is 5.78. The Hall–Kier alpha value is -1.55. The average Bonchev–Trinajstić information content (AvgIpc) is 3.26. The Bertz CT molecular complexity index is 413. The van der Waals surface area contributed by atoms with Gasteiger partial charge in [-0.3, -0.25) is 4.79 Å². The molecule has 0 spiro atoms. The van der Waals surface area contributed by atoms with Crippen LogP contribution in [0.4, 0.5) is 0 Å². The van der Waals surface area contributed by atoms with Crippen LogP contribution in [0.5, 0.6) is 5.75 Å². The summed E-state index contributed by atoms with van der Waals surface area (Å²) >= 11 is 0. The minimum absolute atomic E-state index is 0.0762. The zero-order valence-corrected chi connectivity index (χ0v) is 11.6. The van der Waals surface area contributed by atoms with E-state index >= 15 is 0 Å². The minimum atomic E-state index is 0.0762. The van der Waals surface area contributed by atoms with Crippen LogP contribution in [0.2, 0.25) is 0 Å². The van der Waals surface area contributed by atoms with Crippen molar-refractivity contribution in [3.05, 3.63) is 29.8 Å². The summed E-state index contributed by atoms with van der Waals surface area (Å²) in [5.74, 6) is 1.65. The molecule has 0 aliphatic heterocycles. The lowest BCUT2D eigenvalue weighted by molar-refractivity contribution is -0.120. The molecular weight excluding hydrogens is 240 g/mol. The van der Waals surface area contributed by atoms with Crippen LogP contribution in [0.1, 0.15) is 31.4 Å². The standard InChI is InChI=1S/C15H22N2O2/c1-11(13-5-7-14(19-2)8-6-13)16-10-15(18)17-9-12-3-4-12/h5-8,11-12,16H,3-4,9-10H2,1-2H3,(H,17,18)/t11-/m0/s1. The maximum Gasteiger partial charge on any atom is 0.233 e. The molecule has 1 atom stereocenters. The molecule has 19 heavy (non-hydrogen) atoms.